The van der Waals surface area contributed by atoms with E-state index >= 15 is 0 Å². The second kappa shape index (κ2) is 4.27. The van der Waals surface area contributed by atoms with Gasteiger partial charge in [-0.25, -0.2) is 4.99 Å². The van der Waals surface area contributed by atoms with Crippen molar-refractivity contribution in [1.29, 1.82) is 5.26 Å². The van der Waals surface area contributed by atoms with Crippen molar-refractivity contribution in [2.45, 2.75) is 44.1 Å². The van der Waals surface area contributed by atoms with Crippen LogP contribution in [0.4, 0.5) is 0 Å². The SMILES string of the molecule is N#C[C@@H]1C(=O)NC(N2CCCC2)=NC12CCCC2. The van der Waals surface area contributed by atoms with Crippen molar-refractivity contribution in [1.82, 2.24) is 10.2 Å². The van der Waals surface area contributed by atoms with Crippen LogP contribution in [0.25, 0.3) is 0 Å². The predicted octanol–water partition coefficient (Wildman–Crippen LogP) is 1.02. The predicted molar refractivity (Wildman–Crippen MR) is 66.7 cm³/mol. The van der Waals surface area contributed by atoms with E-state index in [0.717, 1.165) is 51.6 Å². The molecule has 1 saturated heterocycles. The molecule has 0 aromatic heterocycles. The van der Waals surface area contributed by atoms with Crippen LogP contribution >= 0.6 is 0 Å². The Bertz CT molecular complexity index is 425. The van der Waals surface area contributed by atoms with Crippen molar-refractivity contribution in [3.8, 4) is 6.07 Å². The lowest BCUT2D eigenvalue weighted by atomic mass is 9.82. The minimum atomic E-state index is -0.605. The highest BCUT2D eigenvalue weighted by atomic mass is 16.2. The lowest BCUT2D eigenvalue weighted by Gasteiger charge is -2.36. The first-order valence-electron chi connectivity index (χ1n) is 6.80. The van der Waals surface area contributed by atoms with Crippen LogP contribution in [-0.2, 0) is 4.79 Å². The topological polar surface area (TPSA) is 68.5 Å². The summed E-state index contributed by atoms with van der Waals surface area (Å²) >= 11 is 0. The van der Waals surface area contributed by atoms with Crippen LogP contribution in [0.1, 0.15) is 38.5 Å². The Morgan fingerprint density at radius 3 is 2.56 bits per heavy atom. The van der Waals surface area contributed by atoms with E-state index in [1.54, 1.807) is 0 Å². The van der Waals surface area contributed by atoms with E-state index < -0.39 is 11.5 Å². The number of amides is 1. The second-order valence-corrected chi connectivity index (χ2v) is 5.49. The molecule has 1 saturated carbocycles. The van der Waals surface area contributed by atoms with Crippen LogP contribution < -0.4 is 5.32 Å². The van der Waals surface area contributed by atoms with Gasteiger partial charge in [0.15, 0.2) is 5.92 Å². The van der Waals surface area contributed by atoms with Crippen molar-refractivity contribution in [3.63, 3.8) is 0 Å². The van der Waals surface area contributed by atoms with Gasteiger partial charge in [-0.3, -0.25) is 10.1 Å². The lowest BCUT2D eigenvalue weighted by molar-refractivity contribution is -0.124. The molecule has 0 unspecified atom stereocenters. The maximum absolute atomic E-state index is 12.1. The number of likely N-dealkylation sites (tertiary alicyclic amines) is 1. The summed E-state index contributed by atoms with van der Waals surface area (Å²) in [6, 6.07) is 2.16. The van der Waals surface area contributed by atoms with Gasteiger partial charge in [-0.2, -0.15) is 5.26 Å². The average Bonchev–Trinajstić information content (AvgIpc) is 3.00. The first-order chi connectivity index (χ1) is 8.75. The number of aliphatic imine (C=N–C) groups is 1. The Kier molecular flexibility index (Phi) is 2.73. The van der Waals surface area contributed by atoms with E-state index in [4.69, 9.17) is 4.99 Å². The molecule has 1 amide bonds. The molecule has 0 aromatic rings. The molecule has 0 radical (unpaired) electrons. The summed E-state index contributed by atoms with van der Waals surface area (Å²) in [5.74, 6) is -0.0476. The molecule has 3 rings (SSSR count). The Morgan fingerprint density at radius 2 is 1.94 bits per heavy atom. The molecule has 1 aliphatic carbocycles. The quantitative estimate of drug-likeness (QED) is 0.694. The Labute approximate surface area is 107 Å². The zero-order chi connectivity index (χ0) is 12.6. The van der Waals surface area contributed by atoms with Crippen molar-refractivity contribution < 1.29 is 4.79 Å². The van der Waals surface area contributed by atoms with Gasteiger partial charge in [0.05, 0.1) is 11.6 Å². The maximum atomic E-state index is 12.1. The molecule has 1 N–H and O–H groups in total. The van der Waals surface area contributed by atoms with Gasteiger partial charge in [-0.05, 0) is 25.7 Å². The van der Waals surface area contributed by atoms with Gasteiger partial charge in [-0.1, -0.05) is 12.8 Å². The standard InChI is InChI=1S/C13H18N4O/c14-9-10-11(18)15-12(17-7-3-4-8-17)16-13(10)5-1-2-6-13/h10H,1-8H2,(H,15,16,18)/t10-/m1/s1. The minimum absolute atomic E-state index is 0.156. The first-order valence-corrected chi connectivity index (χ1v) is 6.80. The Balaban J connectivity index is 1.94. The highest BCUT2D eigenvalue weighted by Crippen LogP contribution is 2.41. The molecular weight excluding hydrogens is 228 g/mol. The van der Waals surface area contributed by atoms with E-state index in [9.17, 15) is 10.1 Å². The molecule has 2 fully saturated rings. The summed E-state index contributed by atoms with van der Waals surface area (Å²) in [7, 11) is 0. The van der Waals surface area contributed by atoms with Crippen molar-refractivity contribution in [2.75, 3.05) is 13.1 Å². The van der Waals surface area contributed by atoms with Crippen LogP contribution in [0, 0.1) is 17.2 Å². The molecule has 2 heterocycles. The van der Waals surface area contributed by atoms with Gasteiger partial charge in [0.2, 0.25) is 11.9 Å². The molecule has 2 aliphatic heterocycles. The smallest absolute Gasteiger partial charge is 0.246 e. The van der Waals surface area contributed by atoms with Gasteiger partial charge in [-0.15, -0.1) is 0 Å². The van der Waals surface area contributed by atoms with Gasteiger partial charge in [0, 0.05) is 13.1 Å². The number of rotatable bonds is 0. The molecule has 5 nitrogen and oxygen atoms in total. The molecule has 5 heteroatoms. The number of carbonyl (C=O) groups is 1. The van der Waals surface area contributed by atoms with Crippen molar-refractivity contribution >= 4 is 11.9 Å². The molecule has 0 bridgehead atoms. The summed E-state index contributed by atoms with van der Waals surface area (Å²) in [5.41, 5.74) is -0.436. The number of nitrogens with zero attached hydrogens (tertiary/aromatic N) is 3. The molecule has 0 aromatic carbocycles. The minimum Gasteiger partial charge on any atom is -0.343 e. The summed E-state index contributed by atoms with van der Waals surface area (Å²) in [4.78, 5) is 19.0. The number of nitrogens with one attached hydrogen (secondary N) is 1. The van der Waals surface area contributed by atoms with Crippen LogP contribution in [-0.4, -0.2) is 35.4 Å². The highest BCUT2D eigenvalue weighted by Gasteiger charge is 2.49. The zero-order valence-electron chi connectivity index (χ0n) is 10.5. The monoisotopic (exact) mass is 246 g/mol. The average molecular weight is 246 g/mol. The summed E-state index contributed by atoms with van der Waals surface area (Å²) in [6.07, 6.45) is 6.20. The molecule has 96 valence electrons. The molecule has 1 spiro atoms. The highest BCUT2D eigenvalue weighted by molar-refractivity contribution is 6.02. The Hall–Kier alpha value is -1.57. The fourth-order valence-corrected chi connectivity index (χ4v) is 3.37. The van der Waals surface area contributed by atoms with Crippen molar-refractivity contribution in [3.05, 3.63) is 0 Å². The van der Waals surface area contributed by atoms with Gasteiger partial charge in [0.25, 0.3) is 0 Å². The number of hydrogen-bond acceptors (Lipinski definition) is 4. The summed E-state index contributed by atoms with van der Waals surface area (Å²) in [6.45, 7) is 1.93. The molecule has 1 atom stereocenters. The largest absolute Gasteiger partial charge is 0.343 e. The maximum Gasteiger partial charge on any atom is 0.246 e. The summed E-state index contributed by atoms with van der Waals surface area (Å²) in [5, 5.41) is 12.1. The van der Waals surface area contributed by atoms with Gasteiger partial charge >= 0.3 is 0 Å². The Morgan fingerprint density at radius 1 is 1.28 bits per heavy atom. The fourth-order valence-electron chi connectivity index (χ4n) is 3.37. The second-order valence-electron chi connectivity index (χ2n) is 5.49. The van der Waals surface area contributed by atoms with E-state index in [2.05, 4.69) is 16.3 Å². The molecule has 3 aliphatic rings. The third-order valence-corrected chi connectivity index (χ3v) is 4.37. The van der Waals surface area contributed by atoms with E-state index in [1.807, 2.05) is 0 Å². The molecular formula is C13H18N4O. The van der Waals surface area contributed by atoms with Crippen LogP contribution in [0.3, 0.4) is 0 Å². The van der Waals surface area contributed by atoms with Crippen LogP contribution in [0.2, 0.25) is 0 Å². The third-order valence-electron chi connectivity index (χ3n) is 4.37. The first kappa shape index (κ1) is 11.5. The zero-order valence-corrected chi connectivity index (χ0v) is 10.5. The summed E-state index contributed by atoms with van der Waals surface area (Å²) < 4.78 is 0. The number of hydrogen-bond donors (Lipinski definition) is 1. The third kappa shape index (κ3) is 1.67. The van der Waals surface area contributed by atoms with E-state index in [1.165, 1.54) is 0 Å². The van der Waals surface area contributed by atoms with Gasteiger partial charge in [0.1, 0.15) is 0 Å². The normalized spacial score (nSPS) is 30.2. The van der Waals surface area contributed by atoms with Gasteiger partial charge < -0.3 is 4.90 Å². The van der Waals surface area contributed by atoms with Crippen LogP contribution in [0.15, 0.2) is 4.99 Å². The molecule has 18 heavy (non-hydrogen) atoms. The number of guanidine groups is 1. The van der Waals surface area contributed by atoms with Crippen LogP contribution in [0.5, 0.6) is 0 Å². The van der Waals surface area contributed by atoms with Crippen molar-refractivity contribution in [2.24, 2.45) is 10.9 Å². The van der Waals surface area contributed by atoms with E-state index in [-0.39, 0.29) is 5.91 Å². The fraction of sp³-hybridized carbons (Fsp3) is 0.769. The lowest BCUT2D eigenvalue weighted by Crippen LogP contribution is -2.56. The number of carbonyl (C=O) groups excluding carboxylic acids is 1. The number of nitriles is 1. The van der Waals surface area contributed by atoms with E-state index in [0.29, 0.717) is 5.96 Å².